The molecule has 7 aromatic rings. The number of nitrogens with two attached hydrogens (primary N) is 2. The Morgan fingerprint density at radius 1 is 0.802 bits per heavy atom. The van der Waals surface area contributed by atoms with E-state index in [-0.39, 0.29) is 95.9 Å². The van der Waals surface area contributed by atoms with E-state index in [2.05, 4.69) is 127 Å². The Hall–Kier alpha value is -6.32. The molecular formula is C81H89N4NaO9S. The molecule has 10 aliphatic rings. The van der Waals surface area contributed by atoms with Crippen molar-refractivity contribution in [2.45, 2.75) is 169 Å². The fraction of sp³-hybridized carbons (Fsp3) is 0.444. The van der Waals surface area contributed by atoms with Crippen molar-refractivity contribution in [1.82, 2.24) is 5.32 Å². The normalized spacial score (nSPS) is 31.3. The van der Waals surface area contributed by atoms with E-state index in [4.69, 9.17) is 25.9 Å². The number of rotatable bonds is 9. The van der Waals surface area contributed by atoms with Gasteiger partial charge in [0.15, 0.2) is 5.96 Å². The Morgan fingerprint density at radius 3 is 2.35 bits per heavy atom. The number of ether oxygens (including phenoxy) is 2. The standard InChI is InChI=1S/C81H90N4O9S.Na/c1-47-15-16-55-39-63-27-31-66(55)70(47)43-76(95(90,91)92)72-41-58-37-57(40-64-33-49(46-86)11-8-13-53-38-62(87)26-30-69(53)78(58)93-64)77(72)50-17-23-61(24-18-50)81(94-63,85-79(82)83)73-32-25-60-22-19-56(44-80(60,89)74(73)34-48-9-4-3-5-10-48)51-20-29-68-54(35-51)21-28-67-59(45-84-2)36-52-12-6-7-14-65(52)71(67)42-75(68)88;/h3-7,9-10,12,14,17-18,20,23-24,26-27,29-31,35-36,38-39,41,47,49,56-57,60,64,70,72-78,84,86-89H,11,15-16,19,21-22,25,28,32-34,37,40,42-46H2,1-2H3,(H4,82,83,85)(H,90,91,92);/q;+1/p-1. The first-order valence-electron chi connectivity index (χ1n) is 35.0. The second-order valence-electron chi connectivity index (χ2n) is 29.5. The van der Waals surface area contributed by atoms with Crippen molar-refractivity contribution in [1.29, 1.82) is 0 Å². The largest absolute Gasteiger partial charge is 1.00 e. The van der Waals surface area contributed by atoms with Gasteiger partial charge >= 0.3 is 29.6 Å². The molecule has 16 unspecified atom stereocenters. The van der Waals surface area contributed by atoms with Gasteiger partial charge in [0.25, 0.3) is 0 Å². The molecule has 494 valence electrons. The predicted octanol–water partition coefficient (Wildman–Crippen LogP) is 9.65. The van der Waals surface area contributed by atoms with Gasteiger partial charge in [0.2, 0.25) is 5.72 Å². The number of phenolic OH excluding ortho intramolecular Hbond substituents is 1. The average molecular weight is 1320 g/mol. The summed E-state index contributed by atoms with van der Waals surface area (Å²) in [5, 5.41) is 52.8. The van der Waals surface area contributed by atoms with Gasteiger partial charge in [-0.1, -0.05) is 134 Å². The summed E-state index contributed by atoms with van der Waals surface area (Å²) in [4.78, 5) is 5.40. The third-order valence-electron chi connectivity index (χ3n) is 24.2. The van der Waals surface area contributed by atoms with Crippen molar-refractivity contribution in [3.63, 3.8) is 0 Å². The number of hydrogen-bond acceptors (Lipinski definition) is 11. The van der Waals surface area contributed by atoms with Crippen LogP contribution in [0.25, 0.3) is 10.8 Å². The van der Waals surface area contributed by atoms with Crippen molar-refractivity contribution < 1.29 is 72.4 Å². The van der Waals surface area contributed by atoms with Crippen LogP contribution < -0.4 is 51.1 Å². The number of aliphatic hydroxyl groups is 3. The number of benzene rings is 7. The first kappa shape index (κ1) is 66.9. The van der Waals surface area contributed by atoms with Crippen LogP contribution in [0.15, 0.2) is 156 Å². The molecule has 16 atom stereocenters. The number of aromatic hydroxyl groups is 1. The van der Waals surface area contributed by atoms with Crippen molar-refractivity contribution in [3.05, 3.63) is 224 Å². The van der Waals surface area contributed by atoms with Crippen molar-refractivity contribution >= 4 is 26.9 Å². The summed E-state index contributed by atoms with van der Waals surface area (Å²) >= 11 is 0. The third kappa shape index (κ3) is 12.5. The predicted molar refractivity (Wildman–Crippen MR) is 369 cm³/mol. The van der Waals surface area contributed by atoms with Gasteiger partial charge < -0.3 is 51.2 Å². The molecule has 2 saturated carbocycles. The van der Waals surface area contributed by atoms with Crippen LogP contribution in [0.1, 0.15) is 180 Å². The number of guanidine groups is 1. The second-order valence-corrected chi connectivity index (χ2v) is 31.1. The first-order chi connectivity index (χ1) is 45.9. The molecule has 0 amide bonds. The molecule has 7 aromatic carbocycles. The maximum atomic E-state index is 14.5. The minimum absolute atomic E-state index is 0. The molecule has 13 nitrogen and oxygen atoms in total. The van der Waals surface area contributed by atoms with Crippen LogP contribution in [0.2, 0.25) is 0 Å². The number of allylic oxidation sites excluding steroid dienone is 1. The van der Waals surface area contributed by atoms with Gasteiger partial charge in [0.05, 0.1) is 33.2 Å². The minimum Gasteiger partial charge on any atom is -0.748 e. The molecule has 0 radical (unpaired) electrons. The van der Waals surface area contributed by atoms with Crippen molar-refractivity contribution in [2.24, 2.45) is 57.9 Å². The van der Waals surface area contributed by atoms with Crippen LogP contribution in [0.4, 0.5) is 0 Å². The summed E-state index contributed by atoms with van der Waals surface area (Å²) in [6.07, 6.45) is 10.2. The molecule has 0 spiro atoms. The number of aliphatic hydroxyl groups excluding tert-OH is 2. The molecule has 3 fully saturated rings. The Balaban J connectivity index is 0.00000792. The smallest absolute Gasteiger partial charge is 0.748 e. The molecular weight excluding hydrogens is 1230 g/mol. The Bertz CT molecular complexity index is 4320. The topological polar surface area (TPSA) is 233 Å². The van der Waals surface area contributed by atoms with E-state index in [1.54, 1.807) is 12.1 Å². The average Bonchev–Trinajstić information content (AvgIpc) is 1.55. The zero-order chi connectivity index (χ0) is 65.5. The van der Waals surface area contributed by atoms with E-state index in [9.17, 15) is 33.4 Å². The first-order valence-corrected chi connectivity index (χ1v) is 36.4. The van der Waals surface area contributed by atoms with Crippen LogP contribution in [0.3, 0.4) is 0 Å². The Kier molecular flexibility index (Phi) is 18.9. The van der Waals surface area contributed by atoms with Gasteiger partial charge in [-0.25, -0.2) is 13.4 Å². The monoisotopic (exact) mass is 1320 g/mol. The Morgan fingerprint density at radius 2 is 1.56 bits per heavy atom. The quantitative estimate of drug-likeness (QED) is 0.0179. The second kappa shape index (κ2) is 27.1. The van der Waals surface area contributed by atoms with Gasteiger partial charge in [-0.3, -0.25) is 0 Å². The summed E-state index contributed by atoms with van der Waals surface area (Å²) in [6, 6.07) is 47.5. The van der Waals surface area contributed by atoms with Crippen molar-refractivity contribution in [3.8, 4) is 23.3 Å². The van der Waals surface area contributed by atoms with Crippen LogP contribution >= 0.6 is 0 Å². The van der Waals surface area contributed by atoms with Gasteiger partial charge in [-0.15, -0.1) is 0 Å². The molecule has 17 rings (SSSR count). The molecule has 0 aromatic heterocycles. The SMILES string of the molecule is CNCc1cc2ccccc2c2c1CCc1cc(C3CCC4CCC(C5(N=C(N)N)Oc6ccc7c(c6)CCC(C)C7CC(S(=O)(=O)[O-])C6C=C7CC(CC8CC(CO)CC#Cc9cc(O)ccc9C7O8)C6c6ccc5cc6)C(Cc5ccccc5)C4(O)C3)ccc1C(O)C2.[Na+]. The number of aliphatic imine (C=N–C) groups is 1. The number of fused-ring (bicyclic) bond motifs is 13. The van der Waals surface area contributed by atoms with Gasteiger partial charge in [-0.05, 0) is 247 Å². The molecule has 5 aliphatic heterocycles. The zero-order valence-corrected chi connectivity index (χ0v) is 58.3. The van der Waals surface area contributed by atoms with Gasteiger partial charge in [-0.2, -0.15) is 0 Å². The molecule has 15 heteroatoms. The third-order valence-corrected chi connectivity index (χ3v) is 25.4. The maximum Gasteiger partial charge on any atom is 1.00 e. The van der Waals surface area contributed by atoms with Crippen molar-refractivity contribution in [2.75, 3.05) is 13.7 Å². The number of nitrogens with zero attached hydrogens (tertiary/aromatic N) is 1. The van der Waals surface area contributed by atoms with E-state index >= 15 is 0 Å². The van der Waals surface area contributed by atoms with E-state index in [1.165, 1.54) is 33.0 Å². The summed E-state index contributed by atoms with van der Waals surface area (Å²) in [7, 11) is -2.99. The van der Waals surface area contributed by atoms with E-state index in [1.807, 2.05) is 37.4 Å². The molecule has 5 heterocycles. The van der Waals surface area contributed by atoms with Gasteiger partial charge in [0.1, 0.15) is 17.6 Å². The fourth-order valence-electron chi connectivity index (χ4n) is 19.8. The van der Waals surface area contributed by atoms with E-state index in [0.29, 0.717) is 81.1 Å². The van der Waals surface area contributed by atoms with Gasteiger partial charge in [0, 0.05) is 54.5 Å². The minimum atomic E-state index is -4.98. The summed E-state index contributed by atoms with van der Waals surface area (Å²) in [5.74, 6) is 4.21. The molecule has 96 heavy (non-hydrogen) atoms. The number of phenols is 1. The maximum absolute atomic E-state index is 14.5. The number of hydrogen-bond donors (Lipinski definition) is 7. The van der Waals surface area contributed by atoms with E-state index < -0.39 is 62.6 Å². The van der Waals surface area contributed by atoms with E-state index in [0.717, 1.165) is 83.2 Å². The van der Waals surface area contributed by atoms with Crippen LogP contribution in [-0.2, 0) is 59.2 Å². The van der Waals surface area contributed by atoms with Crippen LogP contribution in [-0.4, -0.2) is 70.0 Å². The van der Waals surface area contributed by atoms with Crippen LogP contribution in [0, 0.1) is 53.3 Å². The molecule has 5 aliphatic carbocycles. The number of nitrogens with one attached hydrogen (secondary N) is 1. The fourth-order valence-corrected chi connectivity index (χ4v) is 20.8. The molecule has 9 N–H and O–H groups in total. The summed E-state index contributed by atoms with van der Waals surface area (Å²) in [5.41, 5.74) is 24.8. The summed E-state index contributed by atoms with van der Waals surface area (Å²) < 4.78 is 58.6. The van der Waals surface area contributed by atoms with Crippen LogP contribution in [0.5, 0.6) is 11.5 Å². The number of aryl methyl sites for hydroxylation is 2. The molecule has 10 bridgehead atoms. The summed E-state index contributed by atoms with van der Waals surface area (Å²) in [6.45, 7) is 2.82. The Labute approximate surface area is 587 Å². The zero-order valence-electron chi connectivity index (χ0n) is 55.5. The molecule has 1 saturated heterocycles.